The zero-order chi connectivity index (χ0) is 24.2. The summed E-state index contributed by atoms with van der Waals surface area (Å²) in [5.41, 5.74) is 1.79. The molecule has 1 amide bonds. The molecule has 0 spiro atoms. The van der Waals surface area contributed by atoms with Crippen molar-refractivity contribution in [1.29, 1.82) is 0 Å². The van der Waals surface area contributed by atoms with Gasteiger partial charge in [0.1, 0.15) is 16.3 Å². The lowest BCUT2D eigenvalue weighted by atomic mass is 10.0. The largest absolute Gasteiger partial charge is 0.497 e. The Labute approximate surface area is 211 Å². The number of anilines is 1. The van der Waals surface area contributed by atoms with Crippen LogP contribution >= 0.6 is 39.0 Å². The number of thioether (sulfide) groups is 1. The van der Waals surface area contributed by atoms with E-state index >= 15 is 0 Å². The molecule has 0 aliphatic carbocycles. The second-order valence-corrected chi connectivity index (χ2v) is 9.48. The molecule has 0 aliphatic heterocycles. The molecule has 0 saturated heterocycles. The van der Waals surface area contributed by atoms with Gasteiger partial charge >= 0.3 is 5.97 Å². The molecule has 4 rings (SSSR count). The number of benzene rings is 1. The highest BCUT2D eigenvalue weighted by Gasteiger charge is 2.23. The first-order chi connectivity index (χ1) is 16.4. The summed E-state index contributed by atoms with van der Waals surface area (Å²) in [4.78, 5) is 25.2. The molecule has 0 bridgehead atoms. The summed E-state index contributed by atoms with van der Waals surface area (Å²) in [6, 6.07) is 10.8. The van der Waals surface area contributed by atoms with Crippen molar-refractivity contribution in [3.8, 4) is 28.5 Å². The van der Waals surface area contributed by atoms with Crippen molar-refractivity contribution in [2.75, 3.05) is 25.3 Å². The fourth-order valence-corrected chi connectivity index (χ4v) is 5.11. The van der Waals surface area contributed by atoms with Gasteiger partial charge in [-0.25, -0.2) is 4.79 Å². The number of thiophene rings is 1. The Hall–Kier alpha value is -3.09. The minimum atomic E-state index is -0.530. The van der Waals surface area contributed by atoms with Crippen molar-refractivity contribution in [3.63, 3.8) is 0 Å². The normalized spacial score (nSPS) is 10.8. The highest BCUT2D eigenvalue weighted by molar-refractivity contribution is 9.10. The molecular formula is C22H19BrN4O5S2. The Morgan fingerprint density at radius 3 is 2.59 bits per heavy atom. The number of ether oxygens (including phenoxy) is 2. The number of methoxy groups -OCH3 is 2. The van der Waals surface area contributed by atoms with E-state index in [4.69, 9.17) is 13.9 Å². The molecule has 4 aromatic rings. The lowest BCUT2D eigenvalue weighted by Crippen LogP contribution is -2.16. The van der Waals surface area contributed by atoms with Crippen molar-refractivity contribution >= 4 is 55.9 Å². The second-order valence-electron chi connectivity index (χ2n) is 6.88. The van der Waals surface area contributed by atoms with Crippen LogP contribution in [-0.2, 0) is 16.6 Å². The van der Waals surface area contributed by atoms with Crippen LogP contribution in [0.15, 0.2) is 56.0 Å². The highest BCUT2D eigenvalue weighted by atomic mass is 79.9. The van der Waals surface area contributed by atoms with Crippen LogP contribution in [0.5, 0.6) is 5.75 Å². The second kappa shape index (κ2) is 10.5. The van der Waals surface area contributed by atoms with Crippen LogP contribution in [0.2, 0.25) is 0 Å². The van der Waals surface area contributed by atoms with Gasteiger partial charge in [0.2, 0.25) is 5.91 Å². The molecule has 1 N–H and O–H groups in total. The van der Waals surface area contributed by atoms with Gasteiger partial charge in [-0.05, 0) is 45.8 Å². The zero-order valence-corrected chi connectivity index (χ0v) is 21.5. The third kappa shape index (κ3) is 5.03. The maximum absolute atomic E-state index is 12.7. The zero-order valence-electron chi connectivity index (χ0n) is 18.3. The molecule has 0 unspecified atom stereocenters. The number of carbonyl (C=O) groups is 2. The lowest BCUT2D eigenvalue weighted by molar-refractivity contribution is -0.113. The van der Waals surface area contributed by atoms with Gasteiger partial charge in [0.25, 0.3) is 0 Å². The molecule has 3 heterocycles. The molecule has 12 heteroatoms. The molecule has 0 aliphatic rings. The summed E-state index contributed by atoms with van der Waals surface area (Å²) >= 11 is 5.75. The third-order valence-corrected chi connectivity index (χ3v) is 7.14. The van der Waals surface area contributed by atoms with E-state index in [0.29, 0.717) is 43.3 Å². The number of aromatic nitrogens is 3. The van der Waals surface area contributed by atoms with Gasteiger partial charge in [-0.15, -0.1) is 21.5 Å². The van der Waals surface area contributed by atoms with Crippen molar-refractivity contribution in [2.45, 2.75) is 5.16 Å². The number of nitrogens with one attached hydrogen (secondary N) is 1. The topological polar surface area (TPSA) is 108 Å². The van der Waals surface area contributed by atoms with E-state index in [1.807, 2.05) is 17.5 Å². The van der Waals surface area contributed by atoms with E-state index in [2.05, 4.69) is 31.4 Å². The number of nitrogens with zero attached hydrogens (tertiary/aromatic N) is 3. The van der Waals surface area contributed by atoms with Crippen LogP contribution in [-0.4, -0.2) is 46.6 Å². The van der Waals surface area contributed by atoms with Crippen LogP contribution in [0.4, 0.5) is 5.00 Å². The smallest absolute Gasteiger partial charge is 0.341 e. The summed E-state index contributed by atoms with van der Waals surface area (Å²) in [6.45, 7) is 0. The number of rotatable bonds is 8. The van der Waals surface area contributed by atoms with Gasteiger partial charge in [0.15, 0.2) is 21.4 Å². The average molecular weight is 563 g/mol. The van der Waals surface area contributed by atoms with Gasteiger partial charge < -0.3 is 23.8 Å². The van der Waals surface area contributed by atoms with Gasteiger partial charge in [-0.2, -0.15) is 0 Å². The number of halogens is 1. The first-order valence-electron chi connectivity index (χ1n) is 9.83. The Balaban J connectivity index is 1.48. The van der Waals surface area contributed by atoms with Gasteiger partial charge in [-0.3, -0.25) is 4.79 Å². The van der Waals surface area contributed by atoms with E-state index in [1.54, 1.807) is 43.0 Å². The molecule has 9 nitrogen and oxygen atoms in total. The predicted octanol–water partition coefficient (Wildman–Crippen LogP) is 5.09. The summed E-state index contributed by atoms with van der Waals surface area (Å²) < 4.78 is 18.0. The summed E-state index contributed by atoms with van der Waals surface area (Å²) in [6.07, 6.45) is 0. The Morgan fingerprint density at radius 2 is 1.94 bits per heavy atom. The molecule has 176 valence electrons. The number of hydrogen-bond donors (Lipinski definition) is 1. The van der Waals surface area contributed by atoms with Gasteiger partial charge in [0.05, 0.1) is 20.0 Å². The quantitative estimate of drug-likeness (QED) is 0.233. The molecule has 0 saturated carbocycles. The standard InChI is InChI=1S/C22H19BrN4O5S2/c1-27-19(15-8-9-16(23)32-15)25-26-22(27)34-11-17(28)24-20-18(21(29)31-3)14(10-33-20)12-4-6-13(30-2)7-5-12/h4-10H,11H2,1-3H3,(H,24,28). The van der Waals surface area contributed by atoms with E-state index in [9.17, 15) is 9.59 Å². The number of amides is 1. The highest BCUT2D eigenvalue weighted by Crippen LogP contribution is 2.37. The van der Waals surface area contributed by atoms with Crippen LogP contribution < -0.4 is 10.1 Å². The fourth-order valence-electron chi connectivity index (χ4n) is 3.12. The van der Waals surface area contributed by atoms with Gasteiger partial charge in [-0.1, -0.05) is 23.9 Å². The van der Waals surface area contributed by atoms with Crippen molar-refractivity contribution in [1.82, 2.24) is 14.8 Å². The molecule has 3 aromatic heterocycles. The van der Waals surface area contributed by atoms with E-state index in [0.717, 1.165) is 5.56 Å². The van der Waals surface area contributed by atoms with Crippen LogP contribution in [0, 0.1) is 0 Å². The average Bonchev–Trinajstić information content (AvgIpc) is 3.56. The molecule has 0 radical (unpaired) electrons. The number of esters is 1. The number of hydrogen-bond acceptors (Lipinski definition) is 9. The van der Waals surface area contributed by atoms with E-state index < -0.39 is 5.97 Å². The molecule has 0 fully saturated rings. The third-order valence-electron chi connectivity index (χ3n) is 4.80. The minimum absolute atomic E-state index is 0.0736. The predicted molar refractivity (Wildman–Crippen MR) is 133 cm³/mol. The van der Waals surface area contributed by atoms with Crippen molar-refractivity contribution in [2.24, 2.45) is 7.05 Å². The number of carbonyl (C=O) groups excluding carboxylic acids is 2. The molecule has 34 heavy (non-hydrogen) atoms. The van der Waals surface area contributed by atoms with Crippen LogP contribution in [0.1, 0.15) is 10.4 Å². The van der Waals surface area contributed by atoms with E-state index in [-0.39, 0.29) is 11.7 Å². The van der Waals surface area contributed by atoms with E-state index in [1.165, 1.54) is 30.2 Å². The Kier molecular flexibility index (Phi) is 7.39. The Morgan fingerprint density at radius 1 is 1.18 bits per heavy atom. The summed E-state index contributed by atoms with van der Waals surface area (Å²) in [5.74, 6) is 1.07. The molecular weight excluding hydrogens is 544 g/mol. The first-order valence-corrected chi connectivity index (χ1v) is 12.5. The lowest BCUT2D eigenvalue weighted by Gasteiger charge is -2.08. The van der Waals surface area contributed by atoms with Gasteiger partial charge in [0, 0.05) is 18.0 Å². The number of furan rings is 1. The first kappa shape index (κ1) is 24.0. The van der Waals surface area contributed by atoms with Crippen molar-refractivity contribution in [3.05, 3.63) is 52.0 Å². The molecule has 0 atom stereocenters. The van der Waals surface area contributed by atoms with Crippen LogP contribution in [0.25, 0.3) is 22.7 Å². The summed E-state index contributed by atoms with van der Waals surface area (Å²) in [7, 11) is 4.69. The van der Waals surface area contributed by atoms with Crippen molar-refractivity contribution < 1.29 is 23.5 Å². The maximum atomic E-state index is 12.7. The maximum Gasteiger partial charge on any atom is 0.341 e. The summed E-state index contributed by atoms with van der Waals surface area (Å²) in [5, 5.41) is 13.9. The molecule has 1 aromatic carbocycles. The Bertz CT molecular complexity index is 1330. The minimum Gasteiger partial charge on any atom is -0.497 e. The SMILES string of the molecule is COC(=O)c1c(-c2ccc(OC)cc2)csc1NC(=O)CSc1nnc(-c2ccc(Br)o2)n1C. The monoisotopic (exact) mass is 562 g/mol. The fraction of sp³-hybridized carbons (Fsp3) is 0.182. The van der Waals surface area contributed by atoms with Crippen LogP contribution in [0.3, 0.4) is 0 Å².